The maximum Gasteiger partial charge on any atom is 0.255 e. The van der Waals surface area contributed by atoms with Gasteiger partial charge in [-0.05, 0) is 42.0 Å². The van der Waals surface area contributed by atoms with E-state index in [1.165, 1.54) is 0 Å². The van der Waals surface area contributed by atoms with Crippen molar-refractivity contribution in [2.75, 3.05) is 6.79 Å². The highest BCUT2D eigenvalue weighted by atomic mass is 16.7. The molecule has 5 aromatic rings. The number of para-hydroxylation sites is 3. The number of hydrogen-bond donors (Lipinski definition) is 0. The summed E-state index contributed by atoms with van der Waals surface area (Å²) in [6.07, 6.45) is 1.68. The second-order valence-electron chi connectivity index (χ2n) is 8.30. The zero-order valence-electron chi connectivity index (χ0n) is 18.6. The van der Waals surface area contributed by atoms with Gasteiger partial charge in [0.05, 0.1) is 28.7 Å². The Bertz CT molecular complexity index is 1540. The minimum atomic E-state index is -0.0803. The molecule has 0 radical (unpaired) electrons. The lowest BCUT2D eigenvalue weighted by molar-refractivity contribution is 0.0726. The number of rotatable bonds is 5. The molecule has 1 aliphatic heterocycles. The zero-order chi connectivity index (χ0) is 23.1. The highest BCUT2D eigenvalue weighted by Crippen LogP contribution is 2.33. The SMILES string of the molecule is Cn1c(CN(Cc2ccc3c(c2)OCO3)C(=O)c2ccnc3ccccc23)nc2ccccc21. The molecular weight excluding hydrogens is 428 g/mol. The molecule has 7 heteroatoms. The Kier molecular flexibility index (Phi) is 4.87. The van der Waals surface area contributed by atoms with Crippen molar-refractivity contribution in [3.8, 4) is 11.5 Å². The average Bonchev–Trinajstić information content (AvgIpc) is 3.47. The number of fused-ring (bicyclic) bond motifs is 3. The summed E-state index contributed by atoms with van der Waals surface area (Å²) < 4.78 is 13.0. The quantitative estimate of drug-likeness (QED) is 0.388. The van der Waals surface area contributed by atoms with Gasteiger partial charge < -0.3 is 18.9 Å². The van der Waals surface area contributed by atoms with E-state index in [0.717, 1.165) is 39.1 Å². The lowest BCUT2D eigenvalue weighted by atomic mass is 10.1. The smallest absolute Gasteiger partial charge is 0.255 e. The Labute approximate surface area is 196 Å². The number of benzene rings is 3. The van der Waals surface area contributed by atoms with Crippen LogP contribution in [0.25, 0.3) is 21.9 Å². The van der Waals surface area contributed by atoms with E-state index >= 15 is 0 Å². The fourth-order valence-electron chi connectivity index (χ4n) is 4.42. The minimum Gasteiger partial charge on any atom is -0.454 e. The normalized spacial score (nSPS) is 12.4. The fourth-order valence-corrected chi connectivity index (χ4v) is 4.42. The van der Waals surface area contributed by atoms with Crippen molar-refractivity contribution < 1.29 is 14.3 Å². The van der Waals surface area contributed by atoms with Gasteiger partial charge >= 0.3 is 0 Å². The average molecular weight is 450 g/mol. The standard InChI is InChI=1S/C27H22N4O3/c1-30-23-9-5-4-8-22(23)29-26(30)16-31(15-18-10-11-24-25(14-18)34-17-33-24)27(32)20-12-13-28-21-7-3-2-6-19(20)21/h2-14H,15-17H2,1H3. The van der Waals surface area contributed by atoms with Crippen molar-refractivity contribution in [3.05, 3.63) is 95.9 Å². The lowest BCUT2D eigenvalue weighted by Crippen LogP contribution is -2.31. The third-order valence-corrected chi connectivity index (χ3v) is 6.19. The Morgan fingerprint density at radius 2 is 1.74 bits per heavy atom. The molecule has 0 spiro atoms. The van der Waals surface area contributed by atoms with Crippen molar-refractivity contribution >= 4 is 27.8 Å². The predicted octanol–water partition coefficient (Wildman–Crippen LogP) is 4.69. The van der Waals surface area contributed by atoms with Crippen LogP contribution >= 0.6 is 0 Å². The van der Waals surface area contributed by atoms with Crippen LogP contribution in [-0.4, -0.2) is 32.1 Å². The topological polar surface area (TPSA) is 69.5 Å². The van der Waals surface area contributed by atoms with Crippen LogP contribution in [0, 0.1) is 0 Å². The summed E-state index contributed by atoms with van der Waals surface area (Å²) in [6.45, 7) is 0.967. The summed E-state index contributed by atoms with van der Waals surface area (Å²) in [6, 6.07) is 23.2. The van der Waals surface area contributed by atoms with Crippen LogP contribution in [0.4, 0.5) is 0 Å². The van der Waals surface area contributed by atoms with Crippen LogP contribution in [0.2, 0.25) is 0 Å². The molecule has 0 aliphatic carbocycles. The van der Waals surface area contributed by atoms with Crippen LogP contribution in [0.3, 0.4) is 0 Å². The summed E-state index contributed by atoms with van der Waals surface area (Å²) in [4.78, 5) is 25.0. The molecule has 0 bridgehead atoms. The zero-order valence-corrected chi connectivity index (χ0v) is 18.6. The molecule has 7 nitrogen and oxygen atoms in total. The number of aryl methyl sites for hydroxylation is 1. The molecule has 34 heavy (non-hydrogen) atoms. The summed E-state index contributed by atoms with van der Waals surface area (Å²) in [5.41, 5.74) is 4.30. The first kappa shape index (κ1) is 20.2. The number of imidazole rings is 1. The van der Waals surface area contributed by atoms with Crippen molar-refractivity contribution in [1.29, 1.82) is 0 Å². The number of carbonyl (C=O) groups excluding carboxylic acids is 1. The molecule has 1 aliphatic rings. The molecular formula is C27H22N4O3. The van der Waals surface area contributed by atoms with Crippen LogP contribution in [0.1, 0.15) is 21.7 Å². The van der Waals surface area contributed by atoms with Gasteiger partial charge in [0.1, 0.15) is 5.82 Å². The van der Waals surface area contributed by atoms with Crippen LogP contribution in [0.15, 0.2) is 79.0 Å². The van der Waals surface area contributed by atoms with E-state index in [4.69, 9.17) is 14.5 Å². The largest absolute Gasteiger partial charge is 0.454 e. The van der Waals surface area contributed by atoms with E-state index in [2.05, 4.69) is 4.98 Å². The fraction of sp³-hybridized carbons (Fsp3) is 0.148. The van der Waals surface area contributed by atoms with E-state index in [9.17, 15) is 4.79 Å². The Morgan fingerprint density at radius 3 is 2.62 bits per heavy atom. The summed E-state index contributed by atoms with van der Waals surface area (Å²) in [5.74, 6) is 2.15. The van der Waals surface area contributed by atoms with Crippen molar-refractivity contribution in [2.24, 2.45) is 7.05 Å². The monoisotopic (exact) mass is 450 g/mol. The first-order chi connectivity index (χ1) is 16.7. The molecule has 0 fully saturated rings. The minimum absolute atomic E-state index is 0.0803. The Morgan fingerprint density at radius 1 is 0.941 bits per heavy atom. The molecule has 0 saturated carbocycles. The van der Waals surface area contributed by atoms with E-state index in [0.29, 0.717) is 24.4 Å². The molecule has 0 saturated heterocycles. The number of ether oxygens (including phenoxy) is 2. The van der Waals surface area contributed by atoms with Crippen molar-refractivity contribution in [1.82, 2.24) is 19.4 Å². The predicted molar refractivity (Wildman–Crippen MR) is 129 cm³/mol. The van der Waals surface area contributed by atoms with Gasteiger partial charge in [-0.15, -0.1) is 0 Å². The first-order valence-corrected chi connectivity index (χ1v) is 11.1. The number of hydrogen-bond acceptors (Lipinski definition) is 5. The van der Waals surface area contributed by atoms with Gasteiger partial charge in [0.15, 0.2) is 11.5 Å². The molecule has 168 valence electrons. The molecule has 1 amide bonds. The number of nitrogens with zero attached hydrogens (tertiary/aromatic N) is 4. The molecule has 6 rings (SSSR count). The number of aromatic nitrogens is 3. The third kappa shape index (κ3) is 3.51. The van der Waals surface area contributed by atoms with Crippen molar-refractivity contribution in [2.45, 2.75) is 13.1 Å². The Hall–Kier alpha value is -4.39. The molecule has 2 aromatic heterocycles. The van der Waals surface area contributed by atoms with Crippen LogP contribution in [-0.2, 0) is 20.1 Å². The number of pyridine rings is 1. The van der Waals surface area contributed by atoms with Gasteiger partial charge in [0.25, 0.3) is 5.91 Å². The number of amides is 1. The summed E-state index contributed by atoms with van der Waals surface area (Å²) in [5, 5.41) is 0.829. The molecule has 0 unspecified atom stereocenters. The maximum absolute atomic E-state index is 13.9. The van der Waals surface area contributed by atoms with Gasteiger partial charge in [-0.3, -0.25) is 9.78 Å². The Balaban J connectivity index is 1.41. The van der Waals surface area contributed by atoms with Gasteiger partial charge in [0.2, 0.25) is 6.79 Å². The lowest BCUT2D eigenvalue weighted by Gasteiger charge is -2.23. The maximum atomic E-state index is 13.9. The molecule has 0 atom stereocenters. The van der Waals surface area contributed by atoms with E-state index < -0.39 is 0 Å². The van der Waals surface area contributed by atoms with Gasteiger partial charge in [0, 0.05) is 25.2 Å². The molecule has 3 aromatic carbocycles. The first-order valence-electron chi connectivity index (χ1n) is 11.1. The summed E-state index contributed by atoms with van der Waals surface area (Å²) >= 11 is 0. The second kappa shape index (κ2) is 8.19. The third-order valence-electron chi connectivity index (χ3n) is 6.19. The van der Waals surface area contributed by atoms with Gasteiger partial charge in [-0.1, -0.05) is 36.4 Å². The van der Waals surface area contributed by atoms with Crippen LogP contribution < -0.4 is 9.47 Å². The molecule has 3 heterocycles. The highest BCUT2D eigenvalue weighted by molar-refractivity contribution is 6.05. The van der Waals surface area contributed by atoms with Gasteiger partial charge in [-0.2, -0.15) is 0 Å². The van der Waals surface area contributed by atoms with E-state index in [-0.39, 0.29) is 12.7 Å². The second-order valence-corrected chi connectivity index (χ2v) is 8.30. The highest BCUT2D eigenvalue weighted by Gasteiger charge is 2.23. The van der Waals surface area contributed by atoms with Gasteiger partial charge in [-0.25, -0.2) is 4.98 Å². The number of carbonyl (C=O) groups is 1. The van der Waals surface area contributed by atoms with Crippen LogP contribution in [0.5, 0.6) is 11.5 Å². The van der Waals surface area contributed by atoms with Crippen molar-refractivity contribution in [3.63, 3.8) is 0 Å². The molecule has 0 N–H and O–H groups in total. The van der Waals surface area contributed by atoms with E-state index in [1.54, 1.807) is 12.3 Å². The summed E-state index contributed by atoms with van der Waals surface area (Å²) in [7, 11) is 1.98. The van der Waals surface area contributed by atoms with E-state index in [1.807, 2.05) is 83.2 Å².